The van der Waals surface area contributed by atoms with Crippen LogP contribution in [0, 0.1) is 12.3 Å². The predicted molar refractivity (Wildman–Crippen MR) is 101 cm³/mol. The summed E-state index contributed by atoms with van der Waals surface area (Å²) >= 11 is 0. The van der Waals surface area contributed by atoms with Crippen LogP contribution in [0.5, 0.6) is 5.75 Å². The van der Waals surface area contributed by atoms with Crippen LogP contribution in [0.2, 0.25) is 0 Å². The van der Waals surface area contributed by atoms with Gasteiger partial charge in [-0.3, -0.25) is 0 Å². The molecule has 2 rings (SSSR count). The van der Waals surface area contributed by atoms with E-state index in [0.717, 1.165) is 11.1 Å². The third-order valence-corrected chi connectivity index (χ3v) is 6.19. The molecule has 0 fully saturated rings. The normalized spacial score (nSPS) is 12.8. The first-order chi connectivity index (χ1) is 11.7. The second-order valence-electron chi connectivity index (χ2n) is 6.55. The van der Waals surface area contributed by atoms with Gasteiger partial charge in [-0.15, -0.1) is 0 Å². The molecule has 4 nitrogen and oxygen atoms in total. The molecule has 0 spiro atoms. The van der Waals surface area contributed by atoms with Gasteiger partial charge in [-0.1, -0.05) is 19.9 Å². The summed E-state index contributed by atoms with van der Waals surface area (Å²) in [6, 6.07) is 9.58. The molecule has 0 heterocycles. The third-order valence-electron chi connectivity index (χ3n) is 4.44. The fourth-order valence-corrected chi connectivity index (χ4v) is 4.48. The second kappa shape index (κ2) is 7.40. The SMILES string of the molecule is CCc1cc(S(=O)(=O)c2ccc(C(C)CC(C)=N)c(C)c2)ccc1O. The highest BCUT2D eigenvalue weighted by atomic mass is 32.2. The van der Waals surface area contributed by atoms with Crippen LogP contribution in [-0.4, -0.2) is 19.2 Å². The van der Waals surface area contributed by atoms with Gasteiger partial charge >= 0.3 is 0 Å². The van der Waals surface area contributed by atoms with Gasteiger partial charge in [0, 0.05) is 5.71 Å². The number of benzene rings is 2. The van der Waals surface area contributed by atoms with Crippen LogP contribution >= 0.6 is 0 Å². The number of hydrogen-bond acceptors (Lipinski definition) is 4. The van der Waals surface area contributed by atoms with Crippen molar-refractivity contribution in [2.75, 3.05) is 0 Å². The van der Waals surface area contributed by atoms with Gasteiger partial charge in [0.1, 0.15) is 5.75 Å². The first-order valence-electron chi connectivity index (χ1n) is 8.38. The summed E-state index contributed by atoms with van der Waals surface area (Å²) in [6.07, 6.45) is 1.22. The standard InChI is InChI=1S/C20H25NO3S/c1-5-16-12-18(7-9-20(16)22)25(23,24)17-6-8-19(14(3)11-17)13(2)10-15(4)21/h6-9,11-13,21-22H,5,10H2,1-4H3. The van der Waals surface area contributed by atoms with Crippen molar-refractivity contribution in [2.45, 2.75) is 56.2 Å². The van der Waals surface area contributed by atoms with Crippen molar-refractivity contribution in [1.82, 2.24) is 0 Å². The molecule has 0 saturated carbocycles. The van der Waals surface area contributed by atoms with Crippen molar-refractivity contribution in [1.29, 1.82) is 5.41 Å². The fraction of sp³-hybridized carbons (Fsp3) is 0.350. The molecule has 25 heavy (non-hydrogen) atoms. The van der Waals surface area contributed by atoms with E-state index in [9.17, 15) is 13.5 Å². The van der Waals surface area contributed by atoms with Crippen LogP contribution in [0.4, 0.5) is 0 Å². The van der Waals surface area contributed by atoms with E-state index < -0.39 is 9.84 Å². The number of sulfone groups is 1. The van der Waals surface area contributed by atoms with Crippen molar-refractivity contribution in [3.63, 3.8) is 0 Å². The Morgan fingerprint density at radius 3 is 2.32 bits per heavy atom. The summed E-state index contributed by atoms with van der Waals surface area (Å²) in [5, 5.41) is 17.4. The molecule has 0 aliphatic heterocycles. The number of nitrogens with one attached hydrogen (secondary N) is 1. The molecule has 0 radical (unpaired) electrons. The number of rotatable bonds is 6. The second-order valence-corrected chi connectivity index (χ2v) is 8.50. The van der Waals surface area contributed by atoms with Crippen LogP contribution in [0.15, 0.2) is 46.2 Å². The van der Waals surface area contributed by atoms with Crippen LogP contribution in [0.25, 0.3) is 0 Å². The summed E-state index contributed by atoms with van der Waals surface area (Å²) in [6.45, 7) is 7.60. The minimum Gasteiger partial charge on any atom is -0.508 e. The minimum atomic E-state index is -3.63. The summed E-state index contributed by atoms with van der Waals surface area (Å²) in [5.41, 5.74) is 3.19. The Hall–Kier alpha value is -2.14. The Bertz CT molecular complexity index is 901. The molecule has 0 amide bonds. The Kier molecular flexibility index (Phi) is 5.68. The predicted octanol–water partition coefficient (Wildman–Crippen LogP) is 4.63. The molecule has 0 aliphatic rings. The average molecular weight is 359 g/mol. The quantitative estimate of drug-likeness (QED) is 0.738. The van der Waals surface area contributed by atoms with Crippen molar-refractivity contribution >= 4 is 15.5 Å². The minimum absolute atomic E-state index is 0.115. The van der Waals surface area contributed by atoms with Gasteiger partial charge in [0.2, 0.25) is 9.84 Å². The molecule has 5 heteroatoms. The van der Waals surface area contributed by atoms with E-state index in [-0.39, 0.29) is 21.5 Å². The van der Waals surface area contributed by atoms with Crippen molar-refractivity contribution < 1.29 is 13.5 Å². The highest BCUT2D eigenvalue weighted by molar-refractivity contribution is 7.91. The van der Waals surface area contributed by atoms with Crippen LogP contribution < -0.4 is 0 Å². The van der Waals surface area contributed by atoms with Crippen LogP contribution in [-0.2, 0) is 16.3 Å². The van der Waals surface area contributed by atoms with E-state index in [4.69, 9.17) is 5.41 Å². The molecular formula is C20H25NO3S. The molecule has 1 unspecified atom stereocenters. The Morgan fingerprint density at radius 2 is 1.76 bits per heavy atom. The monoisotopic (exact) mass is 359 g/mol. The van der Waals surface area contributed by atoms with Gasteiger partial charge in [-0.05, 0) is 79.6 Å². The van der Waals surface area contributed by atoms with Gasteiger partial charge in [0.05, 0.1) is 9.79 Å². The number of hydrogen-bond donors (Lipinski definition) is 2. The van der Waals surface area contributed by atoms with Gasteiger partial charge in [-0.25, -0.2) is 8.42 Å². The molecule has 0 aliphatic carbocycles. The summed E-state index contributed by atoms with van der Waals surface area (Å²) in [4.78, 5) is 0.443. The molecule has 0 aromatic heterocycles. The van der Waals surface area contributed by atoms with Crippen LogP contribution in [0.1, 0.15) is 49.8 Å². The van der Waals surface area contributed by atoms with Crippen molar-refractivity contribution in [3.05, 3.63) is 53.1 Å². The molecule has 134 valence electrons. The van der Waals surface area contributed by atoms with Gasteiger partial charge < -0.3 is 10.5 Å². The highest BCUT2D eigenvalue weighted by Gasteiger charge is 2.20. The topological polar surface area (TPSA) is 78.2 Å². The first-order valence-corrected chi connectivity index (χ1v) is 9.86. The lowest BCUT2D eigenvalue weighted by molar-refractivity contribution is 0.468. The van der Waals surface area contributed by atoms with Crippen LogP contribution in [0.3, 0.4) is 0 Å². The van der Waals surface area contributed by atoms with E-state index in [1.54, 1.807) is 19.1 Å². The summed E-state index contributed by atoms with van der Waals surface area (Å²) in [7, 11) is -3.63. The third kappa shape index (κ3) is 4.10. The van der Waals surface area contributed by atoms with E-state index >= 15 is 0 Å². The molecule has 2 N–H and O–H groups in total. The van der Waals surface area contributed by atoms with E-state index in [0.29, 0.717) is 24.1 Å². The number of aryl methyl sites for hydroxylation is 2. The lowest BCUT2D eigenvalue weighted by Gasteiger charge is -2.16. The molecule has 0 saturated heterocycles. The molecule has 2 aromatic carbocycles. The van der Waals surface area contributed by atoms with Crippen molar-refractivity contribution in [3.8, 4) is 5.75 Å². The maximum absolute atomic E-state index is 12.9. The number of aromatic hydroxyl groups is 1. The lowest BCUT2D eigenvalue weighted by Crippen LogP contribution is -2.06. The maximum atomic E-state index is 12.9. The van der Waals surface area contributed by atoms with E-state index in [1.165, 1.54) is 18.2 Å². The first kappa shape index (κ1) is 19.2. The zero-order valence-electron chi connectivity index (χ0n) is 15.1. The summed E-state index contributed by atoms with van der Waals surface area (Å²) < 4.78 is 25.8. The average Bonchev–Trinajstić information content (AvgIpc) is 2.54. The fourth-order valence-electron chi connectivity index (χ4n) is 3.09. The molecule has 1 atom stereocenters. The highest BCUT2D eigenvalue weighted by Crippen LogP contribution is 2.30. The molecular weight excluding hydrogens is 334 g/mol. The van der Waals surface area contributed by atoms with Gasteiger partial charge in [0.15, 0.2) is 0 Å². The number of phenolic OH excluding ortho intramolecular Hbond substituents is 1. The number of phenols is 1. The zero-order valence-corrected chi connectivity index (χ0v) is 15.9. The maximum Gasteiger partial charge on any atom is 0.206 e. The molecule has 2 aromatic rings. The van der Waals surface area contributed by atoms with Crippen molar-refractivity contribution in [2.24, 2.45) is 0 Å². The largest absolute Gasteiger partial charge is 0.508 e. The Morgan fingerprint density at radius 1 is 1.16 bits per heavy atom. The summed E-state index contributed by atoms with van der Waals surface area (Å²) in [5.74, 6) is 0.290. The van der Waals surface area contributed by atoms with E-state index in [2.05, 4.69) is 0 Å². The van der Waals surface area contributed by atoms with Gasteiger partial charge in [0.25, 0.3) is 0 Å². The zero-order chi connectivity index (χ0) is 18.8. The smallest absolute Gasteiger partial charge is 0.206 e. The molecule has 0 bridgehead atoms. The van der Waals surface area contributed by atoms with E-state index in [1.807, 2.05) is 26.8 Å². The Labute approximate surface area is 150 Å². The van der Waals surface area contributed by atoms with Gasteiger partial charge in [-0.2, -0.15) is 0 Å². The lowest BCUT2D eigenvalue weighted by atomic mass is 9.92. The Balaban J connectivity index is 2.44.